The standard InChI is InChI=1S/C29H20ClF8NO4S/c30-23-14-17(1-2-18(23)15-40)25(41)39-12-11-26(44(42,43)21-7-5-20(31)6-8-21)22-9-4-19(13-16(22)3-10-24(26)39)27(32,28(33,34)35)29(36,37)38/h1-2,4-9,13-15,24H,3,10-12H2/t24-,26-/m1/s1. The van der Waals surface area contributed by atoms with Gasteiger partial charge in [0.1, 0.15) is 10.6 Å². The summed E-state index contributed by atoms with van der Waals surface area (Å²) >= 11 is 6.07. The largest absolute Gasteiger partial charge is 0.435 e. The first-order chi connectivity index (χ1) is 20.4. The van der Waals surface area contributed by atoms with Gasteiger partial charge in [0.2, 0.25) is 0 Å². The van der Waals surface area contributed by atoms with E-state index in [1.807, 2.05) is 0 Å². The monoisotopic (exact) mass is 665 g/mol. The van der Waals surface area contributed by atoms with Crippen LogP contribution in [0.15, 0.2) is 65.6 Å². The summed E-state index contributed by atoms with van der Waals surface area (Å²) in [5.74, 6) is -1.47. The highest BCUT2D eigenvalue weighted by atomic mass is 35.5. The fourth-order valence-corrected chi connectivity index (χ4v) is 8.81. The van der Waals surface area contributed by atoms with Crippen LogP contribution >= 0.6 is 11.6 Å². The van der Waals surface area contributed by atoms with Gasteiger partial charge in [-0.2, -0.15) is 26.3 Å². The Morgan fingerprint density at radius 2 is 1.57 bits per heavy atom. The third-order valence-electron chi connectivity index (χ3n) is 8.30. The van der Waals surface area contributed by atoms with Crippen LogP contribution in [0.1, 0.15) is 50.2 Å². The molecule has 44 heavy (non-hydrogen) atoms. The number of hydrogen-bond acceptors (Lipinski definition) is 4. The molecule has 0 saturated carbocycles. The Bertz CT molecular complexity index is 1740. The Morgan fingerprint density at radius 1 is 0.932 bits per heavy atom. The smallest absolute Gasteiger partial charge is 0.334 e. The molecule has 1 saturated heterocycles. The Balaban J connectivity index is 1.70. The van der Waals surface area contributed by atoms with Gasteiger partial charge in [0.25, 0.3) is 5.91 Å². The van der Waals surface area contributed by atoms with Gasteiger partial charge in [-0.25, -0.2) is 17.2 Å². The van der Waals surface area contributed by atoms with Gasteiger partial charge in [0, 0.05) is 23.2 Å². The van der Waals surface area contributed by atoms with E-state index in [0.717, 1.165) is 30.3 Å². The van der Waals surface area contributed by atoms with E-state index in [4.69, 9.17) is 11.6 Å². The molecule has 5 nitrogen and oxygen atoms in total. The van der Waals surface area contributed by atoms with Crippen molar-refractivity contribution in [2.75, 3.05) is 6.54 Å². The molecular formula is C29H20ClF8NO4S. The van der Waals surface area contributed by atoms with Crippen molar-refractivity contribution < 1.29 is 53.1 Å². The number of nitrogens with zero attached hydrogens (tertiary/aromatic N) is 1. The number of likely N-dealkylation sites (tertiary alicyclic amines) is 1. The van der Waals surface area contributed by atoms with Crippen LogP contribution in [-0.4, -0.2) is 50.5 Å². The number of aryl methyl sites for hydroxylation is 1. The van der Waals surface area contributed by atoms with Gasteiger partial charge in [-0.15, -0.1) is 0 Å². The van der Waals surface area contributed by atoms with Crippen LogP contribution in [-0.2, 0) is 26.7 Å². The molecule has 2 aliphatic rings. The summed E-state index contributed by atoms with van der Waals surface area (Å²) < 4.78 is 136. The van der Waals surface area contributed by atoms with Crippen LogP contribution in [0.5, 0.6) is 0 Å². The topological polar surface area (TPSA) is 71.5 Å². The normalized spacial score (nSPS) is 20.7. The number of halogens is 9. The number of rotatable bonds is 5. The third kappa shape index (κ3) is 4.59. The highest BCUT2D eigenvalue weighted by Gasteiger charge is 2.73. The maximum absolute atomic E-state index is 15.0. The molecule has 0 spiro atoms. The number of sulfone groups is 1. The molecule has 0 bridgehead atoms. The molecule has 1 aliphatic heterocycles. The second-order valence-corrected chi connectivity index (χ2v) is 13.1. The highest BCUT2D eigenvalue weighted by molar-refractivity contribution is 7.92. The number of hydrogen-bond donors (Lipinski definition) is 0. The Labute approximate surface area is 250 Å². The van der Waals surface area contributed by atoms with Crippen molar-refractivity contribution in [2.45, 2.75) is 53.0 Å². The number of carbonyl (C=O) groups excluding carboxylic acids is 2. The predicted octanol–water partition coefficient (Wildman–Crippen LogP) is 7.11. The number of fused-ring (bicyclic) bond motifs is 3. The maximum atomic E-state index is 15.0. The Morgan fingerprint density at radius 3 is 2.14 bits per heavy atom. The molecule has 1 aliphatic carbocycles. The van der Waals surface area contributed by atoms with Gasteiger partial charge in [-0.3, -0.25) is 9.59 Å². The zero-order valence-electron chi connectivity index (χ0n) is 22.1. The minimum absolute atomic E-state index is 0.00528. The number of carbonyl (C=O) groups is 2. The van der Waals surface area contributed by atoms with Gasteiger partial charge in [0.05, 0.1) is 16.0 Å². The average Bonchev–Trinajstić information content (AvgIpc) is 3.37. The van der Waals surface area contributed by atoms with E-state index in [1.165, 1.54) is 23.1 Å². The summed E-state index contributed by atoms with van der Waals surface area (Å²) in [6.07, 6.45) is -13.2. The van der Waals surface area contributed by atoms with E-state index in [1.54, 1.807) is 0 Å². The fraction of sp³-hybridized carbons (Fsp3) is 0.310. The van der Waals surface area contributed by atoms with Gasteiger partial charge < -0.3 is 4.90 Å². The van der Waals surface area contributed by atoms with Crippen molar-refractivity contribution >= 4 is 33.6 Å². The van der Waals surface area contributed by atoms with Crippen molar-refractivity contribution in [3.8, 4) is 0 Å². The van der Waals surface area contributed by atoms with Crippen molar-refractivity contribution in [1.29, 1.82) is 0 Å². The van der Waals surface area contributed by atoms with Crippen LogP contribution in [0.4, 0.5) is 35.1 Å². The summed E-state index contributed by atoms with van der Waals surface area (Å²) in [6.45, 7) is -0.212. The molecular weight excluding hydrogens is 646 g/mol. The summed E-state index contributed by atoms with van der Waals surface area (Å²) in [6, 6.07) is 7.61. The molecule has 0 aromatic heterocycles. The molecule has 1 amide bonds. The summed E-state index contributed by atoms with van der Waals surface area (Å²) in [5.41, 5.74) is -7.89. The lowest BCUT2D eigenvalue weighted by Gasteiger charge is -2.43. The lowest BCUT2D eigenvalue weighted by Crippen LogP contribution is -2.53. The van der Waals surface area contributed by atoms with Crippen molar-refractivity contribution in [3.63, 3.8) is 0 Å². The SMILES string of the molecule is O=Cc1ccc(C(=O)N2CC[C@@]3(S(=O)(=O)c4ccc(F)cc4)c4ccc(C(F)(C(F)(F)F)C(F)(F)F)cc4CC[C@@H]23)cc1Cl. The van der Waals surface area contributed by atoms with Crippen molar-refractivity contribution in [2.24, 2.45) is 0 Å². The van der Waals surface area contributed by atoms with Gasteiger partial charge >= 0.3 is 18.0 Å². The molecule has 234 valence electrons. The number of alkyl halides is 7. The number of benzene rings is 3. The number of amides is 1. The molecule has 2 atom stereocenters. The van der Waals surface area contributed by atoms with Crippen LogP contribution in [0, 0.1) is 5.82 Å². The first kappa shape index (κ1) is 31.9. The molecule has 3 aromatic rings. The molecule has 5 rings (SSSR count). The summed E-state index contributed by atoms with van der Waals surface area (Å²) in [5, 5.41) is -0.0548. The molecule has 0 radical (unpaired) electrons. The Hall–Kier alpha value is -3.52. The minimum Gasteiger partial charge on any atom is -0.334 e. The van der Waals surface area contributed by atoms with Crippen LogP contribution in [0.2, 0.25) is 5.02 Å². The zero-order valence-corrected chi connectivity index (χ0v) is 23.7. The second-order valence-electron chi connectivity index (χ2n) is 10.5. The average molecular weight is 666 g/mol. The molecule has 0 N–H and O–H groups in total. The van der Waals surface area contributed by atoms with E-state index in [-0.39, 0.29) is 59.2 Å². The Kier molecular flexibility index (Phi) is 7.64. The first-order valence-corrected chi connectivity index (χ1v) is 14.8. The quantitative estimate of drug-likeness (QED) is 0.166. The predicted molar refractivity (Wildman–Crippen MR) is 141 cm³/mol. The van der Waals surface area contributed by atoms with Gasteiger partial charge in [-0.05, 0) is 72.9 Å². The summed E-state index contributed by atoms with van der Waals surface area (Å²) in [7, 11) is -4.63. The molecule has 3 aromatic carbocycles. The third-order valence-corrected chi connectivity index (χ3v) is 11.2. The molecule has 15 heteroatoms. The molecule has 1 heterocycles. The lowest BCUT2D eigenvalue weighted by molar-refractivity contribution is -0.348. The lowest BCUT2D eigenvalue weighted by atomic mass is 9.76. The highest BCUT2D eigenvalue weighted by Crippen LogP contribution is 2.56. The van der Waals surface area contributed by atoms with E-state index < -0.39 is 60.8 Å². The number of aldehydes is 1. The van der Waals surface area contributed by atoms with Crippen LogP contribution in [0.3, 0.4) is 0 Å². The van der Waals surface area contributed by atoms with Crippen LogP contribution < -0.4 is 0 Å². The molecule has 0 unspecified atom stereocenters. The van der Waals surface area contributed by atoms with Crippen molar-refractivity contribution in [3.05, 3.63) is 99.3 Å². The summed E-state index contributed by atoms with van der Waals surface area (Å²) in [4.78, 5) is 25.6. The van der Waals surface area contributed by atoms with Gasteiger partial charge in [-0.1, -0.05) is 29.8 Å². The molecule has 1 fully saturated rings. The van der Waals surface area contributed by atoms with E-state index >= 15 is 0 Å². The van der Waals surface area contributed by atoms with Crippen molar-refractivity contribution in [1.82, 2.24) is 4.90 Å². The van der Waals surface area contributed by atoms with E-state index in [2.05, 4.69) is 0 Å². The maximum Gasteiger partial charge on any atom is 0.435 e. The zero-order chi connectivity index (χ0) is 32.5. The second kappa shape index (κ2) is 10.5. The van der Waals surface area contributed by atoms with Gasteiger partial charge in [0.15, 0.2) is 16.1 Å². The first-order valence-electron chi connectivity index (χ1n) is 12.9. The minimum atomic E-state index is -6.38. The van der Waals surface area contributed by atoms with E-state index in [9.17, 15) is 53.1 Å². The van der Waals surface area contributed by atoms with E-state index in [0.29, 0.717) is 12.4 Å². The van der Waals surface area contributed by atoms with Crippen LogP contribution in [0.25, 0.3) is 0 Å². The fourth-order valence-electron chi connectivity index (χ4n) is 6.22.